The second-order valence-electron chi connectivity index (χ2n) is 10.3. The number of aromatic nitrogens is 4. The van der Waals surface area contributed by atoms with Crippen molar-refractivity contribution in [3.63, 3.8) is 0 Å². The second-order valence-corrected chi connectivity index (χ2v) is 10.3. The van der Waals surface area contributed by atoms with E-state index >= 15 is 0 Å². The SMILES string of the molecule is CNCCO[C@@H]1CCN(c2nccc(Nc3cc4c(C(C)C)cnc(N5CC[C@H]5C)c4cn3)n2)C[C@@H]1F. The van der Waals surface area contributed by atoms with E-state index in [0.717, 1.165) is 23.1 Å². The molecule has 9 nitrogen and oxygen atoms in total. The van der Waals surface area contributed by atoms with Gasteiger partial charge in [0.25, 0.3) is 0 Å². The summed E-state index contributed by atoms with van der Waals surface area (Å²) in [4.78, 5) is 22.8. The highest BCUT2D eigenvalue weighted by molar-refractivity contribution is 5.96. The molecule has 0 aromatic carbocycles. The maximum atomic E-state index is 14.8. The van der Waals surface area contributed by atoms with Crippen molar-refractivity contribution < 1.29 is 9.13 Å². The first-order valence-electron chi connectivity index (χ1n) is 13.2. The standard InChI is InChI=1S/C27H37FN8O/c1-17(2)20-14-32-26(36-11-6-18(36)3)21-15-31-25(13-19(20)21)33-24-5-8-30-27(34-24)35-10-7-23(22(28)16-35)37-12-9-29-4/h5,8,13-15,17-18,22-23,29H,6-7,9-12,16H2,1-4H3,(H,30,31,33,34)/t18-,22+,23-/m1/s1. The van der Waals surface area contributed by atoms with Crippen LogP contribution < -0.4 is 20.4 Å². The van der Waals surface area contributed by atoms with Crippen LogP contribution in [0.15, 0.2) is 30.7 Å². The summed E-state index contributed by atoms with van der Waals surface area (Å²) in [5.74, 6) is 3.16. The molecule has 0 aliphatic carbocycles. The van der Waals surface area contributed by atoms with Crippen molar-refractivity contribution in [1.82, 2.24) is 25.3 Å². The first kappa shape index (κ1) is 25.5. The summed E-state index contributed by atoms with van der Waals surface area (Å²) < 4.78 is 20.5. The number of ether oxygens (including phenoxy) is 1. The maximum Gasteiger partial charge on any atom is 0.227 e. The smallest absolute Gasteiger partial charge is 0.227 e. The Morgan fingerprint density at radius 1 is 1.11 bits per heavy atom. The van der Waals surface area contributed by atoms with E-state index in [9.17, 15) is 4.39 Å². The van der Waals surface area contributed by atoms with Crippen molar-refractivity contribution in [2.24, 2.45) is 0 Å². The molecule has 3 atom stereocenters. The highest BCUT2D eigenvalue weighted by Gasteiger charge is 2.31. The number of anilines is 4. The number of nitrogens with one attached hydrogen (secondary N) is 2. The minimum absolute atomic E-state index is 0.213. The van der Waals surface area contributed by atoms with Crippen LogP contribution in [0.1, 0.15) is 45.1 Å². The molecule has 37 heavy (non-hydrogen) atoms. The molecule has 2 fully saturated rings. The molecule has 0 unspecified atom stereocenters. The van der Waals surface area contributed by atoms with Crippen LogP contribution in [-0.2, 0) is 4.74 Å². The van der Waals surface area contributed by atoms with Gasteiger partial charge in [0.05, 0.1) is 19.3 Å². The minimum Gasteiger partial charge on any atom is -0.374 e. The van der Waals surface area contributed by atoms with Crippen LogP contribution in [0.2, 0.25) is 0 Å². The summed E-state index contributed by atoms with van der Waals surface area (Å²) in [6.07, 6.45) is 5.91. The van der Waals surface area contributed by atoms with E-state index in [-0.39, 0.29) is 12.6 Å². The Balaban J connectivity index is 1.34. The van der Waals surface area contributed by atoms with Gasteiger partial charge in [-0.2, -0.15) is 4.98 Å². The normalized spacial score (nSPS) is 21.9. The number of pyridine rings is 2. The van der Waals surface area contributed by atoms with E-state index in [1.807, 2.05) is 24.3 Å². The number of hydrogen-bond donors (Lipinski definition) is 2. The molecule has 0 bridgehead atoms. The summed E-state index contributed by atoms with van der Waals surface area (Å²) in [5.41, 5.74) is 1.19. The number of halogens is 1. The molecular weight excluding hydrogens is 471 g/mol. The first-order valence-corrected chi connectivity index (χ1v) is 13.2. The number of nitrogens with zero attached hydrogens (tertiary/aromatic N) is 6. The summed E-state index contributed by atoms with van der Waals surface area (Å²) in [5, 5.41) is 8.57. The third kappa shape index (κ3) is 5.45. The highest BCUT2D eigenvalue weighted by Crippen LogP contribution is 2.35. The number of alkyl halides is 1. The van der Waals surface area contributed by atoms with Crippen molar-refractivity contribution in [3.8, 4) is 0 Å². The molecule has 2 N–H and O–H groups in total. The van der Waals surface area contributed by atoms with E-state index in [2.05, 4.69) is 52.3 Å². The molecule has 2 aliphatic heterocycles. The Morgan fingerprint density at radius 3 is 2.68 bits per heavy atom. The Hall–Kier alpha value is -3.11. The van der Waals surface area contributed by atoms with Crippen LogP contribution in [0.5, 0.6) is 0 Å². The fourth-order valence-electron chi connectivity index (χ4n) is 5.00. The zero-order valence-electron chi connectivity index (χ0n) is 22.1. The molecular formula is C27H37FN8O. The Labute approximate surface area is 217 Å². The van der Waals surface area contributed by atoms with Gasteiger partial charge in [0.15, 0.2) is 0 Å². The number of hydrogen-bond acceptors (Lipinski definition) is 9. The Bertz CT molecular complexity index is 1220. The van der Waals surface area contributed by atoms with Crippen LogP contribution in [0.3, 0.4) is 0 Å². The van der Waals surface area contributed by atoms with E-state index in [4.69, 9.17) is 14.7 Å². The second kappa shape index (κ2) is 11.1. The van der Waals surface area contributed by atoms with Crippen molar-refractivity contribution in [2.75, 3.05) is 55.0 Å². The Morgan fingerprint density at radius 2 is 1.97 bits per heavy atom. The molecule has 0 saturated carbocycles. The van der Waals surface area contributed by atoms with Crippen molar-refractivity contribution in [1.29, 1.82) is 0 Å². The van der Waals surface area contributed by atoms with Crippen LogP contribution in [0.4, 0.5) is 27.8 Å². The zero-order valence-corrected chi connectivity index (χ0v) is 22.1. The molecule has 0 radical (unpaired) electrons. The quantitative estimate of drug-likeness (QED) is 0.416. The van der Waals surface area contributed by atoms with E-state index < -0.39 is 6.17 Å². The lowest BCUT2D eigenvalue weighted by molar-refractivity contribution is -0.0109. The largest absolute Gasteiger partial charge is 0.374 e. The van der Waals surface area contributed by atoms with Gasteiger partial charge in [-0.05, 0) is 55.8 Å². The number of rotatable bonds is 9. The van der Waals surface area contributed by atoms with Gasteiger partial charge in [-0.25, -0.2) is 19.3 Å². The molecule has 2 aliphatic rings. The van der Waals surface area contributed by atoms with Crippen LogP contribution in [0.25, 0.3) is 10.8 Å². The van der Waals surface area contributed by atoms with Gasteiger partial charge < -0.3 is 25.2 Å². The lowest BCUT2D eigenvalue weighted by atomic mass is 9.97. The molecule has 3 aromatic rings. The van der Waals surface area contributed by atoms with Gasteiger partial charge in [0.1, 0.15) is 23.6 Å². The van der Waals surface area contributed by atoms with Gasteiger partial charge in [0.2, 0.25) is 5.95 Å². The molecule has 2 saturated heterocycles. The fraction of sp³-hybridized carbons (Fsp3) is 0.556. The van der Waals surface area contributed by atoms with Crippen LogP contribution >= 0.6 is 0 Å². The van der Waals surface area contributed by atoms with E-state index in [1.54, 1.807) is 12.3 Å². The third-order valence-electron chi connectivity index (χ3n) is 7.34. The molecule has 3 aromatic heterocycles. The van der Waals surface area contributed by atoms with Crippen molar-refractivity contribution in [2.45, 2.75) is 57.8 Å². The monoisotopic (exact) mass is 508 g/mol. The van der Waals surface area contributed by atoms with Gasteiger partial charge in [-0.1, -0.05) is 13.8 Å². The van der Waals surface area contributed by atoms with Crippen molar-refractivity contribution in [3.05, 3.63) is 36.3 Å². The van der Waals surface area contributed by atoms with E-state index in [0.29, 0.717) is 55.7 Å². The average Bonchev–Trinajstić information content (AvgIpc) is 2.89. The summed E-state index contributed by atoms with van der Waals surface area (Å²) >= 11 is 0. The molecule has 10 heteroatoms. The zero-order chi connectivity index (χ0) is 25.9. The molecule has 198 valence electrons. The first-order chi connectivity index (χ1) is 17.9. The summed E-state index contributed by atoms with van der Waals surface area (Å²) in [7, 11) is 1.86. The van der Waals surface area contributed by atoms with Crippen LogP contribution in [-0.4, -0.2) is 78.1 Å². The lowest BCUT2D eigenvalue weighted by Crippen LogP contribution is -2.46. The fourth-order valence-corrected chi connectivity index (χ4v) is 5.00. The maximum absolute atomic E-state index is 14.8. The molecule has 0 amide bonds. The highest BCUT2D eigenvalue weighted by atomic mass is 19.1. The average molecular weight is 509 g/mol. The number of piperidine rings is 1. The molecule has 5 heterocycles. The predicted molar refractivity (Wildman–Crippen MR) is 146 cm³/mol. The van der Waals surface area contributed by atoms with Crippen molar-refractivity contribution >= 4 is 34.2 Å². The molecule has 5 rings (SSSR count). The topological polar surface area (TPSA) is 91.3 Å². The third-order valence-corrected chi connectivity index (χ3v) is 7.34. The number of likely N-dealkylation sites (N-methyl/N-ethyl adjacent to an activating group) is 1. The van der Waals surface area contributed by atoms with Gasteiger partial charge >= 0.3 is 0 Å². The summed E-state index contributed by atoms with van der Waals surface area (Å²) in [6.45, 7) is 9.68. The number of fused-ring (bicyclic) bond motifs is 1. The van der Waals surface area contributed by atoms with Gasteiger partial charge in [0, 0.05) is 49.7 Å². The predicted octanol–water partition coefficient (Wildman–Crippen LogP) is 4.04. The van der Waals surface area contributed by atoms with E-state index in [1.165, 1.54) is 12.0 Å². The minimum atomic E-state index is -1.08. The Kier molecular flexibility index (Phi) is 7.66. The summed E-state index contributed by atoms with van der Waals surface area (Å²) in [6, 6.07) is 4.37. The van der Waals surface area contributed by atoms with Gasteiger partial charge in [-0.15, -0.1) is 0 Å². The van der Waals surface area contributed by atoms with Gasteiger partial charge in [-0.3, -0.25) is 0 Å². The molecule has 0 spiro atoms. The lowest BCUT2D eigenvalue weighted by Gasteiger charge is -2.40. The van der Waals surface area contributed by atoms with Crippen LogP contribution in [0, 0.1) is 0 Å².